The third-order valence-corrected chi connectivity index (χ3v) is 4.14. The molecule has 8 heteroatoms. The highest BCUT2D eigenvalue weighted by Gasteiger charge is 2.74. The van der Waals surface area contributed by atoms with Crippen LogP contribution in [0.1, 0.15) is 22.3 Å². The minimum atomic E-state index is -6.21. The van der Waals surface area contributed by atoms with Crippen molar-refractivity contribution in [2.45, 2.75) is 38.5 Å². The quantitative estimate of drug-likeness (QED) is 0.562. The van der Waals surface area contributed by atoms with E-state index in [1.54, 1.807) is 6.07 Å². The van der Waals surface area contributed by atoms with Crippen molar-refractivity contribution in [3.05, 3.63) is 58.7 Å². The standard InChI is InChI=1S/C19H16F7O/c1-11-8-13(10-27-3)16(14-7-5-4-6-12(14)2)15(9-11)17(20,18(21,22)23)19(24,25)26/h4-7,9H,10H2,1-3H3. The van der Waals surface area contributed by atoms with Gasteiger partial charge >= 0.3 is 18.0 Å². The molecule has 0 amide bonds. The lowest BCUT2D eigenvalue weighted by Crippen LogP contribution is -2.50. The van der Waals surface area contributed by atoms with E-state index < -0.39 is 29.1 Å². The predicted molar refractivity (Wildman–Crippen MR) is 85.8 cm³/mol. The van der Waals surface area contributed by atoms with Gasteiger partial charge in [-0.25, -0.2) is 4.39 Å². The Bertz CT molecular complexity index is 808. The van der Waals surface area contributed by atoms with Gasteiger partial charge in [0.15, 0.2) is 0 Å². The summed E-state index contributed by atoms with van der Waals surface area (Å²) in [6.07, 6.45) is -12.4. The molecule has 2 aromatic carbocycles. The highest BCUT2D eigenvalue weighted by molar-refractivity contribution is 5.75. The molecule has 1 nitrogen and oxygen atoms in total. The van der Waals surface area contributed by atoms with Crippen LogP contribution in [0.3, 0.4) is 0 Å². The van der Waals surface area contributed by atoms with Crippen molar-refractivity contribution in [3.63, 3.8) is 0 Å². The zero-order valence-electron chi connectivity index (χ0n) is 14.6. The molecule has 27 heavy (non-hydrogen) atoms. The SMILES string of the molecule is COCc1[c]c(C)cc(C(F)(C(F)(F)F)C(F)(F)F)c1-c1ccccc1C. The summed E-state index contributed by atoms with van der Waals surface area (Å²) in [5.41, 5.74) is -7.29. The van der Waals surface area contributed by atoms with E-state index in [1.165, 1.54) is 39.2 Å². The van der Waals surface area contributed by atoms with Gasteiger partial charge in [-0.2, -0.15) is 26.3 Å². The molecule has 0 fully saturated rings. The Hall–Kier alpha value is -2.09. The monoisotopic (exact) mass is 393 g/mol. The van der Waals surface area contributed by atoms with Gasteiger partial charge in [-0.15, -0.1) is 0 Å². The lowest BCUT2D eigenvalue weighted by atomic mass is 9.82. The van der Waals surface area contributed by atoms with Crippen LogP contribution in [0, 0.1) is 19.9 Å². The lowest BCUT2D eigenvalue weighted by molar-refractivity contribution is -0.348. The van der Waals surface area contributed by atoms with Crippen LogP contribution in [0.2, 0.25) is 0 Å². The van der Waals surface area contributed by atoms with Crippen molar-refractivity contribution in [1.29, 1.82) is 0 Å². The second-order valence-electron chi connectivity index (χ2n) is 6.12. The summed E-state index contributed by atoms with van der Waals surface area (Å²) in [5.74, 6) is 0. The first kappa shape index (κ1) is 21.2. The zero-order valence-corrected chi connectivity index (χ0v) is 14.6. The molecule has 0 saturated carbocycles. The number of halogens is 7. The number of aryl methyl sites for hydroxylation is 2. The first-order chi connectivity index (χ1) is 12.3. The Morgan fingerprint density at radius 1 is 0.926 bits per heavy atom. The maximum absolute atomic E-state index is 14.9. The molecule has 0 unspecified atom stereocenters. The van der Waals surface area contributed by atoms with Crippen molar-refractivity contribution in [3.8, 4) is 11.1 Å². The van der Waals surface area contributed by atoms with Crippen LogP contribution in [0.15, 0.2) is 30.3 Å². The van der Waals surface area contributed by atoms with Crippen LogP contribution in [-0.4, -0.2) is 19.5 Å². The lowest BCUT2D eigenvalue weighted by Gasteiger charge is -2.33. The number of rotatable bonds is 4. The number of ether oxygens (including phenoxy) is 1. The third kappa shape index (κ3) is 3.67. The maximum Gasteiger partial charge on any atom is 0.435 e. The van der Waals surface area contributed by atoms with Crippen LogP contribution in [0.5, 0.6) is 0 Å². The largest absolute Gasteiger partial charge is 0.435 e. The molecule has 1 radical (unpaired) electrons. The second kappa shape index (κ2) is 7.14. The molecule has 2 rings (SSSR count). The summed E-state index contributed by atoms with van der Waals surface area (Å²) in [4.78, 5) is 0. The van der Waals surface area contributed by atoms with Gasteiger partial charge in [-0.05, 0) is 47.7 Å². The van der Waals surface area contributed by atoms with Gasteiger partial charge < -0.3 is 4.74 Å². The third-order valence-electron chi connectivity index (χ3n) is 4.14. The normalized spacial score (nSPS) is 13.1. The molecule has 2 aromatic rings. The Morgan fingerprint density at radius 3 is 1.96 bits per heavy atom. The number of alkyl halides is 7. The highest BCUT2D eigenvalue weighted by Crippen LogP contribution is 2.56. The smallest absolute Gasteiger partial charge is 0.380 e. The molecule has 0 spiro atoms. The number of hydrogen-bond acceptors (Lipinski definition) is 1. The molecule has 147 valence electrons. The van der Waals surface area contributed by atoms with Gasteiger partial charge in [0.1, 0.15) is 0 Å². The van der Waals surface area contributed by atoms with E-state index >= 15 is 0 Å². The second-order valence-corrected chi connectivity index (χ2v) is 6.12. The first-order valence-corrected chi connectivity index (χ1v) is 7.78. The molecule has 0 heterocycles. The molecule has 0 aliphatic rings. The van der Waals surface area contributed by atoms with Crippen LogP contribution < -0.4 is 0 Å². The predicted octanol–water partition coefficient (Wildman–Crippen LogP) is 6.21. The number of benzene rings is 2. The molecule has 0 aliphatic carbocycles. The molecular weight excluding hydrogens is 377 g/mol. The summed E-state index contributed by atoms with van der Waals surface area (Å²) in [5, 5.41) is 0. The molecule has 0 N–H and O–H groups in total. The van der Waals surface area contributed by atoms with E-state index in [0.717, 1.165) is 0 Å². The average Bonchev–Trinajstić information content (AvgIpc) is 2.53. The minimum Gasteiger partial charge on any atom is -0.380 e. The van der Waals surface area contributed by atoms with Crippen LogP contribution in [0.25, 0.3) is 11.1 Å². The maximum atomic E-state index is 14.9. The number of methoxy groups -OCH3 is 1. The Morgan fingerprint density at radius 2 is 1.48 bits per heavy atom. The van der Waals surface area contributed by atoms with E-state index in [4.69, 9.17) is 4.74 Å². The van der Waals surface area contributed by atoms with Crippen molar-refractivity contribution in [2.24, 2.45) is 0 Å². The zero-order chi connectivity index (χ0) is 20.6. The van der Waals surface area contributed by atoms with Gasteiger partial charge in [0.25, 0.3) is 0 Å². The fourth-order valence-electron chi connectivity index (χ4n) is 2.94. The van der Waals surface area contributed by atoms with Crippen LogP contribution in [0.4, 0.5) is 30.7 Å². The molecule has 0 bridgehead atoms. The molecule has 0 aromatic heterocycles. The molecule has 0 aliphatic heterocycles. The van der Waals surface area contributed by atoms with E-state index in [-0.39, 0.29) is 23.3 Å². The topological polar surface area (TPSA) is 9.23 Å². The summed E-state index contributed by atoms with van der Waals surface area (Å²) in [6.45, 7) is 2.43. The van der Waals surface area contributed by atoms with Gasteiger partial charge in [-0.1, -0.05) is 30.3 Å². The summed E-state index contributed by atoms with van der Waals surface area (Å²) in [6, 6.07) is 9.10. The fraction of sp³-hybridized carbons (Fsp3) is 0.368. The van der Waals surface area contributed by atoms with Crippen LogP contribution in [-0.2, 0) is 17.0 Å². The van der Waals surface area contributed by atoms with Crippen molar-refractivity contribution >= 4 is 0 Å². The van der Waals surface area contributed by atoms with E-state index in [1.807, 2.05) is 0 Å². The molecular formula is C19H16F7O. The fourth-order valence-corrected chi connectivity index (χ4v) is 2.94. The molecule has 0 atom stereocenters. The number of hydrogen-bond donors (Lipinski definition) is 0. The van der Waals surface area contributed by atoms with E-state index in [0.29, 0.717) is 11.6 Å². The van der Waals surface area contributed by atoms with Gasteiger partial charge in [0, 0.05) is 12.7 Å². The first-order valence-electron chi connectivity index (χ1n) is 7.78. The van der Waals surface area contributed by atoms with Crippen molar-refractivity contribution in [1.82, 2.24) is 0 Å². The molecule has 0 saturated heterocycles. The Balaban J connectivity index is 3.01. The minimum absolute atomic E-state index is 0.0475. The van der Waals surface area contributed by atoms with Crippen LogP contribution >= 0.6 is 0 Å². The van der Waals surface area contributed by atoms with Gasteiger partial charge in [0.2, 0.25) is 0 Å². The Kier molecular flexibility index (Phi) is 5.61. The van der Waals surface area contributed by atoms with Gasteiger partial charge in [0.05, 0.1) is 6.61 Å². The van der Waals surface area contributed by atoms with E-state index in [2.05, 4.69) is 6.07 Å². The summed E-state index contributed by atoms with van der Waals surface area (Å²) >= 11 is 0. The van der Waals surface area contributed by atoms with Gasteiger partial charge in [-0.3, -0.25) is 0 Å². The van der Waals surface area contributed by atoms with Crippen molar-refractivity contribution < 1.29 is 35.5 Å². The Labute approximate surface area is 151 Å². The summed E-state index contributed by atoms with van der Waals surface area (Å²) in [7, 11) is 1.23. The average molecular weight is 393 g/mol. The van der Waals surface area contributed by atoms with E-state index in [9.17, 15) is 30.7 Å². The summed E-state index contributed by atoms with van der Waals surface area (Å²) < 4.78 is 100. The highest BCUT2D eigenvalue weighted by atomic mass is 19.4. The van der Waals surface area contributed by atoms with Crippen molar-refractivity contribution in [2.75, 3.05) is 7.11 Å².